The van der Waals surface area contributed by atoms with Crippen LogP contribution < -0.4 is 5.32 Å². The highest BCUT2D eigenvalue weighted by Crippen LogP contribution is 2.24. The molecule has 6 heteroatoms. The molecular weight excluding hydrogens is 291 g/mol. The van der Waals surface area contributed by atoms with Gasteiger partial charge in [-0.15, -0.1) is 11.3 Å². The fraction of sp³-hybridized carbons (Fsp3) is 0.333. The van der Waals surface area contributed by atoms with Crippen molar-refractivity contribution in [3.8, 4) is 11.3 Å². The molecule has 0 spiro atoms. The lowest BCUT2D eigenvalue weighted by Crippen LogP contribution is -2.30. The fourth-order valence-corrected chi connectivity index (χ4v) is 2.97. The van der Waals surface area contributed by atoms with Gasteiger partial charge in [0.25, 0.3) is 0 Å². The standard InChI is InChI=1S/C15H15FN2O2S/c16-12-4-2-1-3-11(12)13-9-21-14(18-13)7-17-15(19)10-5-6-20-8-10/h1-4,9-10H,5-8H2,(H,17,19). The summed E-state index contributed by atoms with van der Waals surface area (Å²) in [7, 11) is 0. The lowest BCUT2D eigenvalue weighted by atomic mass is 10.1. The number of halogens is 1. The summed E-state index contributed by atoms with van der Waals surface area (Å²) >= 11 is 1.41. The number of amides is 1. The Balaban J connectivity index is 1.63. The van der Waals surface area contributed by atoms with Crippen molar-refractivity contribution < 1.29 is 13.9 Å². The molecule has 1 aliphatic rings. The molecule has 1 N–H and O–H groups in total. The van der Waals surface area contributed by atoms with Gasteiger partial charge >= 0.3 is 0 Å². The summed E-state index contributed by atoms with van der Waals surface area (Å²) in [5.74, 6) is -0.354. The predicted molar refractivity (Wildman–Crippen MR) is 78.3 cm³/mol. The SMILES string of the molecule is O=C(NCc1nc(-c2ccccc2F)cs1)C1CCOC1. The number of carbonyl (C=O) groups excluding carboxylic acids is 1. The van der Waals surface area contributed by atoms with E-state index in [1.165, 1.54) is 17.4 Å². The van der Waals surface area contributed by atoms with Crippen LogP contribution in [0, 0.1) is 11.7 Å². The van der Waals surface area contributed by atoms with Gasteiger partial charge in [0.15, 0.2) is 0 Å². The Bertz CT molecular complexity index is 638. The molecule has 1 amide bonds. The van der Waals surface area contributed by atoms with Gasteiger partial charge in [-0.25, -0.2) is 9.37 Å². The van der Waals surface area contributed by atoms with Crippen molar-refractivity contribution in [3.05, 3.63) is 40.5 Å². The fourth-order valence-electron chi connectivity index (χ4n) is 2.23. The molecule has 1 fully saturated rings. The molecule has 110 valence electrons. The third kappa shape index (κ3) is 3.28. The summed E-state index contributed by atoms with van der Waals surface area (Å²) in [5, 5.41) is 5.42. The van der Waals surface area contributed by atoms with Crippen LogP contribution in [0.2, 0.25) is 0 Å². The highest BCUT2D eigenvalue weighted by molar-refractivity contribution is 7.09. The topological polar surface area (TPSA) is 51.2 Å². The molecule has 1 aromatic carbocycles. The second-order valence-electron chi connectivity index (χ2n) is 4.88. The summed E-state index contributed by atoms with van der Waals surface area (Å²) in [4.78, 5) is 16.2. The highest BCUT2D eigenvalue weighted by Gasteiger charge is 2.23. The number of hydrogen-bond acceptors (Lipinski definition) is 4. The first-order valence-corrected chi connectivity index (χ1v) is 7.67. The predicted octanol–water partition coefficient (Wildman–Crippen LogP) is 2.60. The molecule has 0 aliphatic carbocycles. The van der Waals surface area contributed by atoms with Crippen LogP contribution in [0.1, 0.15) is 11.4 Å². The number of aromatic nitrogens is 1. The first kappa shape index (κ1) is 14.2. The zero-order chi connectivity index (χ0) is 14.7. The maximum Gasteiger partial charge on any atom is 0.225 e. The van der Waals surface area contributed by atoms with Crippen molar-refractivity contribution in [3.63, 3.8) is 0 Å². The van der Waals surface area contributed by atoms with Crippen molar-refractivity contribution in [2.45, 2.75) is 13.0 Å². The Labute approximate surface area is 126 Å². The summed E-state index contributed by atoms with van der Waals surface area (Å²) in [6.45, 7) is 1.51. The summed E-state index contributed by atoms with van der Waals surface area (Å²) in [6.07, 6.45) is 0.768. The molecule has 0 saturated carbocycles. The average Bonchev–Trinajstić information content (AvgIpc) is 3.17. The molecule has 1 unspecified atom stereocenters. The molecule has 1 aliphatic heterocycles. The molecule has 2 aromatic rings. The van der Waals surface area contributed by atoms with E-state index in [1.54, 1.807) is 23.6 Å². The lowest BCUT2D eigenvalue weighted by Gasteiger charge is -2.07. The molecule has 0 bridgehead atoms. The van der Waals surface area contributed by atoms with E-state index in [2.05, 4.69) is 10.3 Å². The van der Waals surface area contributed by atoms with Crippen LogP contribution in [0.5, 0.6) is 0 Å². The van der Waals surface area contributed by atoms with Crippen molar-refractivity contribution in [1.82, 2.24) is 10.3 Å². The lowest BCUT2D eigenvalue weighted by molar-refractivity contribution is -0.125. The van der Waals surface area contributed by atoms with Crippen LogP contribution in [-0.4, -0.2) is 24.1 Å². The number of carbonyl (C=O) groups is 1. The smallest absolute Gasteiger partial charge is 0.225 e. The van der Waals surface area contributed by atoms with Crippen LogP contribution >= 0.6 is 11.3 Å². The third-order valence-electron chi connectivity index (χ3n) is 3.42. The van der Waals surface area contributed by atoms with Crippen molar-refractivity contribution in [2.24, 2.45) is 5.92 Å². The van der Waals surface area contributed by atoms with E-state index >= 15 is 0 Å². The number of rotatable bonds is 4. The van der Waals surface area contributed by atoms with Gasteiger partial charge in [0.2, 0.25) is 5.91 Å². The first-order valence-electron chi connectivity index (χ1n) is 6.79. The van der Waals surface area contributed by atoms with Crippen molar-refractivity contribution in [1.29, 1.82) is 0 Å². The minimum absolute atomic E-state index is 0.00450. The zero-order valence-corrected chi connectivity index (χ0v) is 12.2. The zero-order valence-electron chi connectivity index (χ0n) is 11.3. The Hall–Kier alpha value is -1.79. The van der Waals surface area contributed by atoms with Gasteiger partial charge in [-0.05, 0) is 18.6 Å². The van der Waals surface area contributed by atoms with E-state index in [1.807, 2.05) is 0 Å². The summed E-state index contributed by atoms with van der Waals surface area (Å²) in [5.41, 5.74) is 1.09. The van der Waals surface area contributed by atoms with Crippen molar-refractivity contribution >= 4 is 17.2 Å². The number of nitrogens with one attached hydrogen (secondary N) is 1. The second-order valence-corrected chi connectivity index (χ2v) is 5.83. The van der Waals surface area contributed by atoms with Gasteiger partial charge in [0.1, 0.15) is 10.8 Å². The van der Waals surface area contributed by atoms with E-state index in [-0.39, 0.29) is 17.6 Å². The minimum Gasteiger partial charge on any atom is -0.381 e. The summed E-state index contributed by atoms with van der Waals surface area (Å²) < 4.78 is 18.9. The van der Waals surface area contributed by atoms with E-state index in [4.69, 9.17) is 4.74 Å². The Morgan fingerprint density at radius 2 is 2.33 bits per heavy atom. The molecule has 4 nitrogen and oxygen atoms in total. The molecule has 1 saturated heterocycles. The molecule has 3 rings (SSSR count). The number of thiazole rings is 1. The molecule has 21 heavy (non-hydrogen) atoms. The molecule has 0 radical (unpaired) electrons. The number of hydrogen-bond donors (Lipinski definition) is 1. The Morgan fingerprint density at radius 1 is 1.48 bits per heavy atom. The van der Waals surface area contributed by atoms with Crippen molar-refractivity contribution in [2.75, 3.05) is 13.2 Å². The van der Waals surface area contributed by atoms with Gasteiger partial charge in [-0.3, -0.25) is 4.79 Å². The maximum atomic E-state index is 13.7. The van der Waals surface area contributed by atoms with Gasteiger partial charge in [-0.1, -0.05) is 12.1 Å². The Kier molecular flexibility index (Phi) is 4.26. The van der Waals surface area contributed by atoms with Crippen LogP contribution in [-0.2, 0) is 16.1 Å². The number of benzene rings is 1. The highest BCUT2D eigenvalue weighted by atomic mass is 32.1. The van der Waals surface area contributed by atoms with E-state index in [9.17, 15) is 9.18 Å². The number of nitrogens with zero attached hydrogens (tertiary/aromatic N) is 1. The largest absolute Gasteiger partial charge is 0.381 e. The molecular formula is C15H15FN2O2S. The first-order chi connectivity index (χ1) is 10.2. The monoisotopic (exact) mass is 306 g/mol. The van der Waals surface area contributed by atoms with Crippen LogP contribution in [0.25, 0.3) is 11.3 Å². The molecule has 1 aromatic heterocycles. The number of ether oxygens (including phenoxy) is 1. The van der Waals surface area contributed by atoms with Gasteiger partial charge in [0, 0.05) is 17.6 Å². The second kappa shape index (κ2) is 6.32. The van der Waals surface area contributed by atoms with E-state index < -0.39 is 0 Å². The van der Waals surface area contributed by atoms with Gasteiger partial charge in [-0.2, -0.15) is 0 Å². The van der Waals surface area contributed by atoms with Crippen LogP contribution in [0.15, 0.2) is 29.6 Å². The molecule has 1 atom stereocenters. The minimum atomic E-state index is -0.290. The summed E-state index contributed by atoms with van der Waals surface area (Å²) in [6, 6.07) is 6.54. The van der Waals surface area contributed by atoms with E-state index in [0.29, 0.717) is 31.0 Å². The van der Waals surface area contributed by atoms with Crippen LogP contribution in [0.3, 0.4) is 0 Å². The quantitative estimate of drug-likeness (QED) is 0.944. The van der Waals surface area contributed by atoms with Crippen LogP contribution in [0.4, 0.5) is 4.39 Å². The Morgan fingerprint density at radius 3 is 3.10 bits per heavy atom. The van der Waals surface area contributed by atoms with E-state index in [0.717, 1.165) is 11.4 Å². The average molecular weight is 306 g/mol. The van der Waals surface area contributed by atoms with Gasteiger partial charge in [0.05, 0.1) is 24.8 Å². The maximum absolute atomic E-state index is 13.7. The normalized spacial score (nSPS) is 17.9. The van der Waals surface area contributed by atoms with Gasteiger partial charge < -0.3 is 10.1 Å². The molecule has 2 heterocycles. The third-order valence-corrected chi connectivity index (χ3v) is 4.26.